The molecule has 3 aliphatic heterocycles. The SMILES string of the molecule is N#Cc1cccc(N2C[C@@H]3CC[C@H](C2)N(Cc2ccccn2)C3=O)n1. The van der Waals surface area contributed by atoms with Gasteiger partial charge in [-0.15, -0.1) is 0 Å². The van der Waals surface area contributed by atoms with E-state index in [1.165, 1.54) is 0 Å². The Balaban J connectivity index is 1.59. The van der Waals surface area contributed by atoms with Crippen LogP contribution in [-0.2, 0) is 11.3 Å². The van der Waals surface area contributed by atoms with Crippen LogP contribution in [0.3, 0.4) is 0 Å². The van der Waals surface area contributed by atoms with Gasteiger partial charge in [0, 0.05) is 25.3 Å². The number of amides is 1. The number of nitriles is 1. The molecule has 3 fully saturated rings. The molecule has 0 unspecified atom stereocenters. The number of piperidine rings is 1. The zero-order valence-corrected chi connectivity index (χ0v) is 13.9. The second-order valence-corrected chi connectivity index (χ2v) is 6.61. The zero-order chi connectivity index (χ0) is 17.2. The molecular weight excluding hydrogens is 314 g/mol. The summed E-state index contributed by atoms with van der Waals surface area (Å²) in [6.45, 7) is 1.97. The molecule has 2 aromatic heterocycles. The first-order valence-corrected chi connectivity index (χ1v) is 8.57. The Morgan fingerprint density at radius 2 is 2.08 bits per heavy atom. The molecule has 0 saturated carbocycles. The summed E-state index contributed by atoms with van der Waals surface area (Å²) in [5.74, 6) is 0.972. The maximum atomic E-state index is 12.9. The van der Waals surface area contributed by atoms with Gasteiger partial charge in [0.15, 0.2) is 0 Å². The van der Waals surface area contributed by atoms with Gasteiger partial charge in [0.05, 0.1) is 18.2 Å². The van der Waals surface area contributed by atoms with E-state index in [1.54, 1.807) is 12.3 Å². The highest BCUT2D eigenvalue weighted by Crippen LogP contribution is 2.32. The van der Waals surface area contributed by atoms with Crippen molar-refractivity contribution in [3.63, 3.8) is 0 Å². The molecule has 0 N–H and O–H groups in total. The summed E-state index contributed by atoms with van der Waals surface area (Å²) in [6, 6.07) is 13.5. The van der Waals surface area contributed by atoms with Crippen molar-refractivity contribution >= 4 is 11.7 Å². The van der Waals surface area contributed by atoms with Gasteiger partial charge in [0.25, 0.3) is 0 Å². The number of hydrogen-bond acceptors (Lipinski definition) is 5. The van der Waals surface area contributed by atoms with Crippen LogP contribution in [0.4, 0.5) is 5.82 Å². The zero-order valence-electron chi connectivity index (χ0n) is 13.9. The van der Waals surface area contributed by atoms with E-state index in [9.17, 15) is 4.79 Å². The lowest BCUT2D eigenvalue weighted by molar-refractivity contribution is -0.140. The molecule has 5 heterocycles. The monoisotopic (exact) mass is 333 g/mol. The fraction of sp³-hybridized carbons (Fsp3) is 0.368. The van der Waals surface area contributed by atoms with Crippen molar-refractivity contribution < 1.29 is 4.79 Å². The van der Waals surface area contributed by atoms with E-state index in [2.05, 4.69) is 20.9 Å². The minimum atomic E-state index is -0.0185. The average molecular weight is 333 g/mol. The molecule has 3 saturated heterocycles. The van der Waals surface area contributed by atoms with Gasteiger partial charge in [0.1, 0.15) is 17.6 Å². The number of carbonyl (C=O) groups is 1. The number of fused-ring (bicyclic) bond motifs is 4. The molecule has 1 amide bonds. The van der Waals surface area contributed by atoms with E-state index in [1.807, 2.05) is 35.2 Å². The lowest BCUT2D eigenvalue weighted by Gasteiger charge is -2.35. The normalized spacial score (nSPS) is 22.6. The molecule has 0 aliphatic carbocycles. The average Bonchev–Trinajstić information content (AvgIpc) is 2.95. The second-order valence-electron chi connectivity index (χ2n) is 6.61. The van der Waals surface area contributed by atoms with Gasteiger partial charge in [-0.1, -0.05) is 12.1 Å². The lowest BCUT2D eigenvalue weighted by atomic mass is 9.94. The Kier molecular flexibility index (Phi) is 4.06. The van der Waals surface area contributed by atoms with Gasteiger partial charge in [-0.05, 0) is 37.1 Å². The first-order chi connectivity index (χ1) is 12.2. The largest absolute Gasteiger partial charge is 0.354 e. The molecule has 126 valence electrons. The number of anilines is 1. The van der Waals surface area contributed by atoms with Gasteiger partial charge in [-0.25, -0.2) is 4.98 Å². The van der Waals surface area contributed by atoms with Crippen molar-refractivity contribution in [2.45, 2.75) is 25.4 Å². The number of pyridine rings is 2. The molecule has 2 aromatic rings. The number of nitrogens with zero attached hydrogens (tertiary/aromatic N) is 5. The lowest BCUT2D eigenvalue weighted by Crippen LogP contribution is -2.47. The van der Waals surface area contributed by atoms with Crippen molar-refractivity contribution in [1.29, 1.82) is 5.26 Å². The Bertz CT molecular complexity index is 816. The quantitative estimate of drug-likeness (QED) is 0.859. The minimum Gasteiger partial charge on any atom is -0.354 e. The number of carbonyl (C=O) groups excluding carboxylic acids is 1. The summed E-state index contributed by atoms with van der Waals surface area (Å²) >= 11 is 0. The van der Waals surface area contributed by atoms with Crippen molar-refractivity contribution in [2.75, 3.05) is 18.0 Å². The van der Waals surface area contributed by atoms with Gasteiger partial charge >= 0.3 is 0 Å². The van der Waals surface area contributed by atoms with E-state index in [-0.39, 0.29) is 17.9 Å². The predicted octanol–water partition coefficient (Wildman–Crippen LogP) is 1.98. The Hall–Kier alpha value is -2.94. The summed E-state index contributed by atoms with van der Waals surface area (Å²) in [4.78, 5) is 25.8. The fourth-order valence-electron chi connectivity index (χ4n) is 3.76. The molecule has 2 atom stereocenters. The summed E-state index contributed by atoms with van der Waals surface area (Å²) < 4.78 is 0. The van der Waals surface area contributed by atoms with E-state index in [0.29, 0.717) is 18.8 Å². The molecule has 0 spiro atoms. The van der Waals surface area contributed by atoms with Gasteiger partial charge < -0.3 is 9.80 Å². The highest BCUT2D eigenvalue weighted by Gasteiger charge is 2.41. The van der Waals surface area contributed by atoms with Gasteiger partial charge in [-0.2, -0.15) is 5.26 Å². The standard InChI is InChI=1S/C19H19N5O/c20-10-15-5-3-6-18(22-15)23-11-14-7-8-17(13-23)24(19(14)25)12-16-4-1-2-9-21-16/h1-6,9,14,17H,7-8,11-13H2/t14-,17+/m0/s1. The van der Waals surface area contributed by atoms with Gasteiger partial charge in [0.2, 0.25) is 5.91 Å². The maximum absolute atomic E-state index is 12.9. The van der Waals surface area contributed by atoms with Crippen LogP contribution in [0.5, 0.6) is 0 Å². The minimum absolute atomic E-state index is 0.0185. The molecule has 2 bridgehead atoms. The van der Waals surface area contributed by atoms with Crippen LogP contribution in [0.1, 0.15) is 24.2 Å². The van der Waals surface area contributed by atoms with Crippen LogP contribution in [0.2, 0.25) is 0 Å². The Morgan fingerprint density at radius 3 is 2.88 bits per heavy atom. The highest BCUT2D eigenvalue weighted by atomic mass is 16.2. The van der Waals surface area contributed by atoms with E-state index >= 15 is 0 Å². The number of rotatable bonds is 3. The molecule has 0 aromatic carbocycles. The third-order valence-corrected chi connectivity index (χ3v) is 5.02. The van der Waals surface area contributed by atoms with Crippen molar-refractivity contribution in [3.05, 3.63) is 54.0 Å². The molecule has 3 aliphatic rings. The van der Waals surface area contributed by atoms with Crippen molar-refractivity contribution in [2.24, 2.45) is 5.92 Å². The molecule has 6 nitrogen and oxygen atoms in total. The van der Waals surface area contributed by atoms with Crippen LogP contribution < -0.4 is 4.90 Å². The summed E-state index contributed by atoms with van der Waals surface area (Å²) in [5.41, 5.74) is 1.32. The summed E-state index contributed by atoms with van der Waals surface area (Å²) in [6.07, 6.45) is 3.67. The molecule has 6 heteroatoms. The van der Waals surface area contributed by atoms with E-state index in [4.69, 9.17) is 5.26 Å². The third kappa shape index (κ3) is 3.05. The van der Waals surface area contributed by atoms with E-state index in [0.717, 1.165) is 30.9 Å². The van der Waals surface area contributed by atoms with Crippen molar-refractivity contribution in [1.82, 2.24) is 14.9 Å². The Labute approximate surface area is 146 Å². The first kappa shape index (κ1) is 15.6. The molecule has 0 radical (unpaired) electrons. The summed E-state index contributed by atoms with van der Waals surface area (Å²) in [7, 11) is 0. The third-order valence-electron chi connectivity index (χ3n) is 5.02. The van der Waals surface area contributed by atoms with Crippen molar-refractivity contribution in [3.8, 4) is 6.07 Å². The molecule has 25 heavy (non-hydrogen) atoms. The fourth-order valence-corrected chi connectivity index (χ4v) is 3.76. The highest BCUT2D eigenvalue weighted by molar-refractivity contribution is 5.81. The second kappa shape index (κ2) is 6.52. The van der Waals surface area contributed by atoms with E-state index < -0.39 is 0 Å². The van der Waals surface area contributed by atoms with Crippen LogP contribution >= 0.6 is 0 Å². The summed E-state index contributed by atoms with van der Waals surface area (Å²) in [5, 5.41) is 9.08. The van der Waals surface area contributed by atoms with Crippen LogP contribution in [0.15, 0.2) is 42.6 Å². The van der Waals surface area contributed by atoms with Crippen LogP contribution in [0, 0.1) is 17.2 Å². The maximum Gasteiger partial charge on any atom is 0.228 e. The van der Waals surface area contributed by atoms with Crippen LogP contribution in [-0.4, -0.2) is 39.9 Å². The van der Waals surface area contributed by atoms with Gasteiger partial charge in [-0.3, -0.25) is 9.78 Å². The molecular formula is C19H19N5O. The Morgan fingerprint density at radius 1 is 1.16 bits per heavy atom. The molecule has 5 rings (SSSR count). The number of hydrogen-bond donors (Lipinski definition) is 0. The first-order valence-electron chi connectivity index (χ1n) is 8.57. The van der Waals surface area contributed by atoms with Crippen LogP contribution in [0.25, 0.3) is 0 Å². The smallest absolute Gasteiger partial charge is 0.228 e. The number of aromatic nitrogens is 2. The topological polar surface area (TPSA) is 73.1 Å². The predicted molar refractivity (Wildman–Crippen MR) is 92.5 cm³/mol.